The van der Waals surface area contributed by atoms with E-state index in [4.69, 9.17) is 5.11 Å². The molecule has 0 radical (unpaired) electrons. The number of thiol groups is 1. The molecule has 88 valence electrons. The molecule has 0 fully saturated rings. The van der Waals surface area contributed by atoms with Crippen LogP contribution in [0.3, 0.4) is 0 Å². The molecule has 1 N–H and O–H groups in total. The van der Waals surface area contributed by atoms with Crippen molar-refractivity contribution in [3.05, 3.63) is 34.7 Å². The molecule has 0 spiro atoms. The van der Waals surface area contributed by atoms with Gasteiger partial charge in [0.1, 0.15) is 10.0 Å². The summed E-state index contributed by atoms with van der Waals surface area (Å²) in [4.78, 5) is 14.9. The van der Waals surface area contributed by atoms with Crippen LogP contribution < -0.4 is 0 Å². The number of carboxylic acids is 1. The zero-order chi connectivity index (χ0) is 12.6. The Balaban J connectivity index is 2.67. The van der Waals surface area contributed by atoms with Crippen LogP contribution in [-0.4, -0.2) is 16.1 Å². The number of hydrogen-bond acceptors (Lipinski definition) is 4. The Bertz CT molecular complexity index is 598. The zero-order valence-electron chi connectivity index (χ0n) is 8.15. The van der Waals surface area contributed by atoms with Crippen molar-refractivity contribution in [1.29, 1.82) is 0 Å². The highest BCUT2D eigenvalue weighted by molar-refractivity contribution is 7.80. The highest BCUT2D eigenvalue weighted by Gasteiger charge is 2.18. The lowest BCUT2D eigenvalue weighted by molar-refractivity contribution is 0.0697. The quantitative estimate of drug-likeness (QED) is 0.827. The van der Waals surface area contributed by atoms with E-state index in [0.29, 0.717) is 11.1 Å². The summed E-state index contributed by atoms with van der Waals surface area (Å²) in [6.07, 6.45) is 0. The van der Waals surface area contributed by atoms with Crippen molar-refractivity contribution in [3.63, 3.8) is 0 Å². The number of aromatic nitrogens is 1. The van der Waals surface area contributed by atoms with Gasteiger partial charge in [0.05, 0.1) is 5.56 Å². The van der Waals surface area contributed by atoms with Gasteiger partial charge in [-0.1, -0.05) is 0 Å². The van der Waals surface area contributed by atoms with E-state index < -0.39 is 17.6 Å². The van der Waals surface area contributed by atoms with Gasteiger partial charge in [-0.2, -0.15) is 0 Å². The average Bonchev–Trinajstić information content (AvgIpc) is 2.68. The Morgan fingerprint density at radius 3 is 2.53 bits per heavy atom. The van der Waals surface area contributed by atoms with Crippen molar-refractivity contribution in [2.75, 3.05) is 0 Å². The van der Waals surface area contributed by atoms with Crippen LogP contribution in [0.25, 0.3) is 10.6 Å². The normalized spacial score (nSPS) is 10.5. The maximum atomic E-state index is 13.1. The molecule has 0 aliphatic carbocycles. The minimum atomic E-state index is -1.34. The largest absolute Gasteiger partial charge is 0.478 e. The molecular weight excluding hydrogens is 268 g/mol. The molecule has 2 aromatic rings. The Hall–Kier alpha value is -1.47. The van der Waals surface area contributed by atoms with Gasteiger partial charge < -0.3 is 5.11 Å². The fourth-order valence-corrected chi connectivity index (χ4v) is 2.33. The topological polar surface area (TPSA) is 50.2 Å². The molecule has 0 unspecified atom stereocenters. The van der Waals surface area contributed by atoms with Gasteiger partial charge in [0.2, 0.25) is 0 Å². The van der Waals surface area contributed by atoms with Crippen LogP contribution in [-0.2, 0) is 0 Å². The first-order chi connectivity index (χ1) is 7.99. The highest BCUT2D eigenvalue weighted by Crippen LogP contribution is 2.30. The summed E-state index contributed by atoms with van der Waals surface area (Å²) in [5.74, 6) is -3.65. The molecule has 0 aliphatic rings. The molecule has 1 heterocycles. The van der Waals surface area contributed by atoms with Crippen LogP contribution in [0.5, 0.6) is 0 Å². The van der Waals surface area contributed by atoms with Crippen molar-refractivity contribution in [2.24, 2.45) is 0 Å². The van der Waals surface area contributed by atoms with Gasteiger partial charge in [-0.3, -0.25) is 0 Å². The molecule has 3 nitrogen and oxygen atoms in total. The second-order valence-corrected chi connectivity index (χ2v) is 4.44. The molecule has 0 bridgehead atoms. The molecule has 0 atom stereocenters. The van der Waals surface area contributed by atoms with Gasteiger partial charge in [-0.25, -0.2) is 18.6 Å². The van der Waals surface area contributed by atoms with Crippen LogP contribution in [0.1, 0.15) is 10.4 Å². The first-order valence-corrected chi connectivity index (χ1v) is 5.69. The van der Waals surface area contributed by atoms with Gasteiger partial charge in [0, 0.05) is 10.9 Å². The molecule has 2 rings (SSSR count). The summed E-state index contributed by atoms with van der Waals surface area (Å²) in [6.45, 7) is 0. The third-order valence-corrected chi connectivity index (χ3v) is 3.29. The van der Waals surface area contributed by atoms with E-state index in [0.717, 1.165) is 17.4 Å². The third kappa shape index (κ3) is 2.29. The number of benzene rings is 1. The van der Waals surface area contributed by atoms with Crippen molar-refractivity contribution in [1.82, 2.24) is 4.98 Å². The summed E-state index contributed by atoms with van der Waals surface area (Å²) >= 11 is 5.08. The van der Waals surface area contributed by atoms with Gasteiger partial charge in [-0.05, 0) is 12.1 Å². The third-order valence-electron chi connectivity index (χ3n) is 2.01. The fraction of sp³-hybridized carbons (Fsp3) is 0. The maximum absolute atomic E-state index is 13.1. The van der Waals surface area contributed by atoms with Gasteiger partial charge in [0.25, 0.3) is 0 Å². The lowest BCUT2D eigenvalue weighted by Crippen LogP contribution is -2.02. The van der Waals surface area contributed by atoms with Crippen molar-refractivity contribution < 1.29 is 18.7 Å². The van der Waals surface area contributed by atoms with Crippen molar-refractivity contribution >= 4 is 29.9 Å². The second kappa shape index (κ2) is 4.42. The van der Waals surface area contributed by atoms with Crippen LogP contribution >= 0.6 is 24.0 Å². The lowest BCUT2D eigenvalue weighted by atomic mass is 10.1. The van der Waals surface area contributed by atoms with E-state index in [-0.39, 0.29) is 16.1 Å². The molecule has 0 saturated carbocycles. The molecule has 0 saturated heterocycles. The molecule has 0 aliphatic heterocycles. The number of aromatic carboxylic acids is 1. The molecule has 17 heavy (non-hydrogen) atoms. The van der Waals surface area contributed by atoms with Crippen molar-refractivity contribution in [2.45, 2.75) is 5.03 Å². The first-order valence-electron chi connectivity index (χ1n) is 4.36. The Kier molecular flexibility index (Phi) is 3.12. The minimum Gasteiger partial charge on any atom is -0.478 e. The van der Waals surface area contributed by atoms with E-state index in [9.17, 15) is 13.6 Å². The smallest absolute Gasteiger partial charge is 0.336 e. The zero-order valence-corrected chi connectivity index (χ0v) is 9.86. The minimum absolute atomic E-state index is 0.0432. The van der Waals surface area contributed by atoms with Crippen LogP contribution in [0, 0.1) is 11.6 Å². The Morgan fingerprint density at radius 2 is 2.00 bits per heavy atom. The predicted molar refractivity (Wildman–Crippen MR) is 61.7 cm³/mol. The maximum Gasteiger partial charge on any atom is 0.336 e. The van der Waals surface area contributed by atoms with Crippen molar-refractivity contribution in [3.8, 4) is 10.6 Å². The standard InChI is InChI=1S/C10H5F2NO2S2/c11-6-1-4(9-13-8(16)3-17-9)5(10(14)15)2-7(6)12/h1-3,16H,(H,14,15). The average molecular weight is 273 g/mol. The van der Waals surface area contributed by atoms with E-state index in [2.05, 4.69) is 17.6 Å². The first kappa shape index (κ1) is 12.0. The predicted octanol–water partition coefficient (Wildman–Crippen LogP) is 3.08. The van der Waals surface area contributed by atoms with Crippen LogP contribution in [0.2, 0.25) is 0 Å². The number of hydrogen-bond donors (Lipinski definition) is 2. The molecule has 1 aromatic carbocycles. The lowest BCUT2D eigenvalue weighted by Gasteiger charge is -2.03. The summed E-state index contributed by atoms with van der Waals surface area (Å²) in [7, 11) is 0. The van der Waals surface area contributed by atoms with E-state index in [1.807, 2.05) is 0 Å². The van der Waals surface area contributed by atoms with Crippen LogP contribution in [0.15, 0.2) is 22.5 Å². The monoisotopic (exact) mass is 273 g/mol. The van der Waals surface area contributed by atoms with E-state index >= 15 is 0 Å². The van der Waals surface area contributed by atoms with E-state index in [1.54, 1.807) is 5.38 Å². The van der Waals surface area contributed by atoms with Gasteiger partial charge in [-0.15, -0.1) is 24.0 Å². The summed E-state index contributed by atoms with van der Waals surface area (Å²) < 4.78 is 26.1. The van der Waals surface area contributed by atoms with Crippen LogP contribution in [0.4, 0.5) is 8.78 Å². The SMILES string of the molecule is O=C(O)c1cc(F)c(F)cc1-c1nc(S)cs1. The highest BCUT2D eigenvalue weighted by atomic mass is 32.1. The molecule has 1 aromatic heterocycles. The second-order valence-electron chi connectivity index (χ2n) is 3.13. The molecule has 7 heteroatoms. The molecule has 0 amide bonds. The summed E-state index contributed by atoms with van der Waals surface area (Å²) in [5, 5.41) is 11.2. The van der Waals surface area contributed by atoms with Gasteiger partial charge in [0.15, 0.2) is 11.6 Å². The number of carbonyl (C=O) groups is 1. The number of carboxylic acid groups (broad SMARTS) is 1. The number of nitrogens with zero attached hydrogens (tertiary/aromatic N) is 1. The number of thiazole rings is 1. The summed E-state index contributed by atoms with van der Waals surface area (Å²) in [6, 6.07) is 1.47. The van der Waals surface area contributed by atoms with Gasteiger partial charge >= 0.3 is 5.97 Å². The van der Waals surface area contributed by atoms with E-state index in [1.165, 1.54) is 0 Å². The number of halogens is 2. The number of rotatable bonds is 2. The Labute approximate surface area is 104 Å². The Morgan fingerprint density at radius 1 is 1.35 bits per heavy atom. The summed E-state index contributed by atoms with van der Waals surface area (Å²) in [5.41, 5.74) is -0.284. The molecular formula is C10H5F2NO2S2. The fourth-order valence-electron chi connectivity index (χ4n) is 1.29.